The fourth-order valence-corrected chi connectivity index (χ4v) is 3.45. The van der Waals surface area contributed by atoms with Crippen LogP contribution >= 0.6 is 0 Å². The first-order chi connectivity index (χ1) is 12.1. The van der Waals surface area contributed by atoms with Crippen LogP contribution in [0.15, 0.2) is 24.3 Å². The number of fused-ring (bicyclic) bond motifs is 1. The van der Waals surface area contributed by atoms with Crippen LogP contribution in [0.1, 0.15) is 25.3 Å². The molecule has 2 aliphatic heterocycles. The first-order valence-electron chi connectivity index (χ1n) is 9.11. The number of carbonyl (C=O) groups excluding carboxylic acids is 2. The van der Waals surface area contributed by atoms with Gasteiger partial charge in [-0.2, -0.15) is 0 Å². The number of para-hydroxylation sites is 1. The van der Waals surface area contributed by atoms with Crippen molar-refractivity contribution < 1.29 is 14.3 Å². The van der Waals surface area contributed by atoms with Gasteiger partial charge >= 0.3 is 0 Å². The number of rotatable bonds is 6. The summed E-state index contributed by atoms with van der Waals surface area (Å²) in [6, 6.07) is 8.16. The van der Waals surface area contributed by atoms with Gasteiger partial charge in [0.1, 0.15) is 0 Å². The average molecular weight is 345 g/mol. The molecule has 1 aromatic rings. The van der Waals surface area contributed by atoms with Crippen LogP contribution in [0.4, 0.5) is 5.69 Å². The molecule has 0 unspecified atom stereocenters. The second kappa shape index (κ2) is 8.45. The molecule has 2 N–H and O–H groups in total. The fraction of sp³-hybridized carbons (Fsp3) is 0.579. The molecule has 25 heavy (non-hydrogen) atoms. The number of hydrogen-bond acceptors (Lipinski definition) is 4. The molecule has 1 saturated heterocycles. The molecule has 0 spiro atoms. The number of nitrogens with one attached hydrogen (secondary N) is 2. The molecular formula is C19H27N3O3. The standard InChI is InChI=1S/C19H27N3O3/c1-14(22-8-10-25-11-9-22)13-20-18(23)7-6-16-12-15-4-2-3-5-17(15)21-19(16)24/h2-5,14,16H,6-13H2,1H3,(H,20,23)(H,21,24)/t14-,16+/m0/s1. The summed E-state index contributed by atoms with van der Waals surface area (Å²) in [6.07, 6.45) is 1.67. The second-order valence-corrected chi connectivity index (χ2v) is 6.89. The maximum atomic E-state index is 12.2. The Morgan fingerprint density at radius 2 is 2.12 bits per heavy atom. The first kappa shape index (κ1) is 17.9. The van der Waals surface area contributed by atoms with Crippen molar-refractivity contribution in [1.82, 2.24) is 10.2 Å². The third-order valence-electron chi connectivity index (χ3n) is 5.10. The normalized spacial score (nSPS) is 22.0. The minimum Gasteiger partial charge on any atom is -0.379 e. The van der Waals surface area contributed by atoms with Crippen molar-refractivity contribution in [2.45, 2.75) is 32.2 Å². The summed E-state index contributed by atoms with van der Waals surface area (Å²) < 4.78 is 5.35. The number of nitrogens with zero attached hydrogens (tertiary/aromatic N) is 1. The minimum absolute atomic E-state index is 0.0202. The van der Waals surface area contributed by atoms with Gasteiger partial charge in [0.25, 0.3) is 0 Å². The van der Waals surface area contributed by atoms with Gasteiger partial charge in [-0.05, 0) is 31.4 Å². The summed E-state index contributed by atoms with van der Waals surface area (Å²) in [4.78, 5) is 26.6. The molecular weight excluding hydrogens is 318 g/mol. The van der Waals surface area contributed by atoms with E-state index in [1.807, 2.05) is 24.3 Å². The number of amides is 2. The van der Waals surface area contributed by atoms with E-state index in [0.29, 0.717) is 31.8 Å². The van der Waals surface area contributed by atoms with E-state index >= 15 is 0 Å². The number of carbonyl (C=O) groups is 2. The molecule has 3 rings (SSSR count). The minimum atomic E-state index is -0.127. The molecule has 2 aliphatic rings. The van der Waals surface area contributed by atoms with Crippen molar-refractivity contribution in [2.24, 2.45) is 5.92 Å². The Morgan fingerprint density at radius 1 is 1.36 bits per heavy atom. The van der Waals surface area contributed by atoms with Crippen LogP contribution in [0.2, 0.25) is 0 Å². The maximum Gasteiger partial charge on any atom is 0.227 e. The molecule has 0 aliphatic carbocycles. The van der Waals surface area contributed by atoms with Crippen molar-refractivity contribution in [2.75, 3.05) is 38.2 Å². The van der Waals surface area contributed by atoms with E-state index in [9.17, 15) is 9.59 Å². The average Bonchev–Trinajstić information content (AvgIpc) is 2.65. The Balaban J connectivity index is 1.41. The SMILES string of the molecule is C[C@@H](CNC(=O)CC[C@@H]1Cc2ccccc2NC1=O)N1CCOCC1. The lowest BCUT2D eigenvalue weighted by molar-refractivity contribution is -0.123. The number of hydrogen-bond donors (Lipinski definition) is 2. The molecule has 6 nitrogen and oxygen atoms in total. The maximum absolute atomic E-state index is 12.2. The molecule has 6 heteroatoms. The van der Waals surface area contributed by atoms with Gasteiger partial charge in [0.05, 0.1) is 13.2 Å². The largest absolute Gasteiger partial charge is 0.379 e. The van der Waals surface area contributed by atoms with E-state index in [4.69, 9.17) is 4.74 Å². The Labute approximate surface area is 148 Å². The van der Waals surface area contributed by atoms with Crippen LogP contribution in [0.25, 0.3) is 0 Å². The van der Waals surface area contributed by atoms with Gasteiger partial charge in [0.15, 0.2) is 0 Å². The lowest BCUT2D eigenvalue weighted by Crippen LogP contribution is -2.47. The predicted molar refractivity (Wildman–Crippen MR) is 96.4 cm³/mol. The topological polar surface area (TPSA) is 70.7 Å². The zero-order valence-electron chi connectivity index (χ0n) is 14.8. The predicted octanol–water partition coefficient (Wildman–Crippen LogP) is 1.41. The monoisotopic (exact) mass is 345 g/mol. The highest BCUT2D eigenvalue weighted by atomic mass is 16.5. The van der Waals surface area contributed by atoms with E-state index in [-0.39, 0.29) is 17.7 Å². The Kier molecular flexibility index (Phi) is 6.04. The lowest BCUT2D eigenvalue weighted by atomic mass is 9.89. The van der Waals surface area contributed by atoms with Crippen molar-refractivity contribution in [3.63, 3.8) is 0 Å². The third kappa shape index (κ3) is 4.80. The van der Waals surface area contributed by atoms with E-state index < -0.39 is 0 Å². The first-order valence-corrected chi connectivity index (χ1v) is 9.11. The highest BCUT2D eigenvalue weighted by Crippen LogP contribution is 2.27. The van der Waals surface area contributed by atoms with Crippen molar-refractivity contribution in [3.05, 3.63) is 29.8 Å². The van der Waals surface area contributed by atoms with Crippen LogP contribution in [0.3, 0.4) is 0 Å². The molecule has 0 saturated carbocycles. The van der Waals surface area contributed by atoms with Gasteiger partial charge < -0.3 is 15.4 Å². The van der Waals surface area contributed by atoms with Crippen molar-refractivity contribution in [1.29, 1.82) is 0 Å². The van der Waals surface area contributed by atoms with Crippen molar-refractivity contribution in [3.8, 4) is 0 Å². The summed E-state index contributed by atoms with van der Waals surface area (Å²) >= 11 is 0. The molecule has 0 radical (unpaired) electrons. The third-order valence-corrected chi connectivity index (χ3v) is 5.10. The molecule has 2 heterocycles. The van der Waals surface area contributed by atoms with Gasteiger partial charge in [-0.25, -0.2) is 0 Å². The van der Waals surface area contributed by atoms with Crippen molar-refractivity contribution >= 4 is 17.5 Å². The van der Waals surface area contributed by atoms with Crippen LogP contribution in [0.5, 0.6) is 0 Å². The van der Waals surface area contributed by atoms with Gasteiger partial charge in [-0.1, -0.05) is 18.2 Å². The van der Waals surface area contributed by atoms with Crippen LogP contribution in [-0.4, -0.2) is 55.6 Å². The fourth-order valence-electron chi connectivity index (χ4n) is 3.45. The highest BCUT2D eigenvalue weighted by Gasteiger charge is 2.26. The van der Waals surface area contributed by atoms with Gasteiger partial charge in [0.2, 0.25) is 11.8 Å². The molecule has 1 aromatic carbocycles. The smallest absolute Gasteiger partial charge is 0.227 e. The second-order valence-electron chi connectivity index (χ2n) is 6.89. The number of morpholine rings is 1. The van der Waals surface area contributed by atoms with E-state index in [1.165, 1.54) is 0 Å². The molecule has 1 fully saturated rings. The van der Waals surface area contributed by atoms with Crippen LogP contribution < -0.4 is 10.6 Å². The zero-order chi connectivity index (χ0) is 17.6. The molecule has 2 amide bonds. The summed E-state index contributed by atoms with van der Waals surface area (Å²) in [5.74, 6) is -0.0859. The Bertz CT molecular complexity index is 614. The molecule has 136 valence electrons. The quantitative estimate of drug-likeness (QED) is 0.818. The zero-order valence-corrected chi connectivity index (χ0v) is 14.8. The number of ether oxygens (including phenoxy) is 1. The molecule has 0 aromatic heterocycles. The summed E-state index contributed by atoms with van der Waals surface area (Å²) in [5, 5.41) is 5.94. The van der Waals surface area contributed by atoms with E-state index in [0.717, 1.165) is 37.6 Å². The molecule has 0 bridgehead atoms. The van der Waals surface area contributed by atoms with Crippen LogP contribution in [0, 0.1) is 5.92 Å². The summed E-state index contributed by atoms with van der Waals surface area (Å²) in [5.41, 5.74) is 2.04. The number of benzene rings is 1. The van der Waals surface area contributed by atoms with Gasteiger partial charge in [-0.3, -0.25) is 14.5 Å². The lowest BCUT2D eigenvalue weighted by Gasteiger charge is -2.32. The van der Waals surface area contributed by atoms with E-state index in [1.54, 1.807) is 0 Å². The number of anilines is 1. The molecule has 2 atom stereocenters. The van der Waals surface area contributed by atoms with Gasteiger partial charge in [-0.15, -0.1) is 0 Å². The summed E-state index contributed by atoms with van der Waals surface area (Å²) in [6.45, 7) is 6.11. The Morgan fingerprint density at radius 3 is 2.92 bits per heavy atom. The Hall–Kier alpha value is -1.92. The van der Waals surface area contributed by atoms with E-state index in [2.05, 4.69) is 22.5 Å². The summed E-state index contributed by atoms with van der Waals surface area (Å²) in [7, 11) is 0. The van der Waals surface area contributed by atoms with Crippen LogP contribution in [-0.2, 0) is 20.7 Å². The highest BCUT2D eigenvalue weighted by molar-refractivity contribution is 5.96. The van der Waals surface area contributed by atoms with Gasteiger partial charge in [0, 0.05) is 43.7 Å².